The zero-order valence-corrected chi connectivity index (χ0v) is 9.65. The first-order chi connectivity index (χ1) is 8.05. The van der Waals surface area contributed by atoms with Crippen molar-refractivity contribution in [2.75, 3.05) is 17.3 Å². The molecule has 0 aliphatic carbocycles. The summed E-state index contributed by atoms with van der Waals surface area (Å²) in [6.07, 6.45) is 1.62. The van der Waals surface area contributed by atoms with Gasteiger partial charge in [-0.25, -0.2) is 5.84 Å². The summed E-state index contributed by atoms with van der Waals surface area (Å²) in [5.41, 5.74) is 2.46. The van der Waals surface area contributed by atoms with Crippen LogP contribution in [0.4, 0.5) is 11.8 Å². The van der Waals surface area contributed by atoms with E-state index < -0.39 is 5.54 Å². The smallest absolute Gasteiger partial charge is 0.241 e. The number of rotatable bonds is 4. The van der Waals surface area contributed by atoms with Crippen molar-refractivity contribution in [1.29, 1.82) is 0 Å². The van der Waals surface area contributed by atoms with E-state index in [1.54, 1.807) is 6.20 Å². The third kappa shape index (κ3) is 2.27. The number of nitrogens with one attached hydrogen (secondary N) is 3. The Morgan fingerprint density at radius 1 is 1.47 bits per heavy atom. The van der Waals surface area contributed by atoms with Crippen LogP contribution < -0.4 is 16.6 Å². The molecule has 0 saturated heterocycles. The highest BCUT2D eigenvalue weighted by Crippen LogP contribution is 2.22. The highest BCUT2D eigenvalue weighted by Gasteiger charge is 2.19. The van der Waals surface area contributed by atoms with Crippen LogP contribution in [0.3, 0.4) is 0 Å². The number of aromatic amines is 1. The largest absolute Gasteiger partial charge is 0.394 e. The van der Waals surface area contributed by atoms with Crippen molar-refractivity contribution in [3.05, 3.63) is 6.20 Å². The maximum atomic E-state index is 9.23. The Hall–Kier alpha value is -1.93. The normalized spacial score (nSPS) is 11.8. The van der Waals surface area contributed by atoms with Gasteiger partial charge < -0.3 is 10.4 Å². The van der Waals surface area contributed by atoms with Crippen LogP contribution in [0.25, 0.3) is 11.0 Å². The molecule has 92 valence electrons. The monoisotopic (exact) mass is 237 g/mol. The Morgan fingerprint density at radius 2 is 2.24 bits per heavy atom. The number of hydrogen-bond donors (Lipinski definition) is 5. The third-order valence-corrected chi connectivity index (χ3v) is 2.29. The van der Waals surface area contributed by atoms with Crippen LogP contribution in [0.5, 0.6) is 0 Å². The van der Waals surface area contributed by atoms with Gasteiger partial charge in [0.2, 0.25) is 5.95 Å². The minimum Gasteiger partial charge on any atom is -0.394 e. The molecule has 8 heteroatoms. The Morgan fingerprint density at radius 3 is 2.88 bits per heavy atom. The maximum absolute atomic E-state index is 9.23. The van der Waals surface area contributed by atoms with E-state index in [1.807, 2.05) is 13.8 Å². The van der Waals surface area contributed by atoms with Crippen LogP contribution in [-0.2, 0) is 0 Å². The summed E-state index contributed by atoms with van der Waals surface area (Å²) in [5.74, 6) is 6.13. The molecule has 0 aromatic carbocycles. The predicted octanol–water partition coefficient (Wildman–Crippen LogP) is -0.179. The number of H-pyrrole nitrogens is 1. The Labute approximate surface area is 97.6 Å². The molecular weight excluding hydrogens is 222 g/mol. The van der Waals surface area contributed by atoms with Gasteiger partial charge in [-0.1, -0.05) is 0 Å². The van der Waals surface area contributed by atoms with Crippen molar-refractivity contribution in [3.63, 3.8) is 0 Å². The number of nitrogens with two attached hydrogens (primary N) is 1. The fourth-order valence-corrected chi connectivity index (χ4v) is 1.35. The Bertz CT molecular complexity index is 521. The topological polar surface area (TPSA) is 125 Å². The molecule has 0 bridgehead atoms. The van der Waals surface area contributed by atoms with E-state index in [1.165, 1.54) is 0 Å². The lowest BCUT2D eigenvalue weighted by Gasteiger charge is -2.24. The van der Waals surface area contributed by atoms with Crippen molar-refractivity contribution in [2.45, 2.75) is 19.4 Å². The van der Waals surface area contributed by atoms with Crippen molar-refractivity contribution < 1.29 is 5.11 Å². The van der Waals surface area contributed by atoms with Gasteiger partial charge in [-0.2, -0.15) is 15.1 Å². The summed E-state index contributed by atoms with van der Waals surface area (Å²) >= 11 is 0. The van der Waals surface area contributed by atoms with Crippen molar-refractivity contribution in [2.24, 2.45) is 5.84 Å². The van der Waals surface area contributed by atoms with Gasteiger partial charge in [0, 0.05) is 0 Å². The lowest BCUT2D eigenvalue weighted by Crippen LogP contribution is -2.35. The third-order valence-electron chi connectivity index (χ3n) is 2.29. The molecule has 6 N–H and O–H groups in total. The molecule has 17 heavy (non-hydrogen) atoms. The SMILES string of the molecule is CC(C)(CO)Nc1nc(NN)nc2[nH]ncc12. The second kappa shape index (κ2) is 4.15. The van der Waals surface area contributed by atoms with Crippen LogP contribution in [-0.4, -0.2) is 37.4 Å². The molecule has 0 aliphatic rings. The lowest BCUT2D eigenvalue weighted by molar-refractivity contribution is 0.234. The Balaban J connectivity index is 2.47. The van der Waals surface area contributed by atoms with E-state index in [9.17, 15) is 5.11 Å². The van der Waals surface area contributed by atoms with Crippen molar-refractivity contribution >= 4 is 22.8 Å². The van der Waals surface area contributed by atoms with Gasteiger partial charge in [0.05, 0.1) is 23.7 Å². The quantitative estimate of drug-likeness (QED) is 0.369. The van der Waals surface area contributed by atoms with E-state index >= 15 is 0 Å². The molecule has 0 unspecified atom stereocenters. The molecule has 0 fully saturated rings. The molecular formula is C9H15N7O. The zero-order chi connectivity index (χ0) is 12.5. The fourth-order valence-electron chi connectivity index (χ4n) is 1.35. The van der Waals surface area contributed by atoms with Crippen LogP contribution in [0.1, 0.15) is 13.8 Å². The number of nitrogens with zero attached hydrogens (tertiary/aromatic N) is 3. The van der Waals surface area contributed by atoms with E-state index in [-0.39, 0.29) is 12.6 Å². The number of hydrazine groups is 1. The predicted molar refractivity (Wildman–Crippen MR) is 64.3 cm³/mol. The van der Waals surface area contributed by atoms with Gasteiger partial charge in [0.1, 0.15) is 5.82 Å². The molecule has 8 nitrogen and oxygen atoms in total. The van der Waals surface area contributed by atoms with E-state index in [4.69, 9.17) is 5.84 Å². The number of aliphatic hydroxyl groups excluding tert-OH is 1. The zero-order valence-electron chi connectivity index (χ0n) is 9.65. The van der Waals surface area contributed by atoms with Crippen molar-refractivity contribution in [1.82, 2.24) is 20.2 Å². The standard InChI is InChI=1S/C9H15N7O/c1-9(2,4-17)14-6-5-3-11-16-7(5)13-8(12-6)15-10/h3,17H,4,10H2,1-2H3,(H3,11,12,13,14,15,16). The average Bonchev–Trinajstić information content (AvgIpc) is 2.76. The minimum atomic E-state index is -0.496. The average molecular weight is 237 g/mol. The van der Waals surface area contributed by atoms with Gasteiger partial charge in [-0.3, -0.25) is 10.5 Å². The van der Waals surface area contributed by atoms with Crippen molar-refractivity contribution in [3.8, 4) is 0 Å². The van der Waals surface area contributed by atoms with Crippen LogP contribution in [0, 0.1) is 0 Å². The molecule has 0 amide bonds. The van der Waals surface area contributed by atoms with Gasteiger partial charge in [-0.15, -0.1) is 0 Å². The number of fused-ring (bicyclic) bond motifs is 1. The summed E-state index contributed by atoms with van der Waals surface area (Å²) in [4.78, 5) is 8.30. The summed E-state index contributed by atoms with van der Waals surface area (Å²) in [7, 11) is 0. The number of anilines is 2. The molecule has 0 saturated carbocycles. The van der Waals surface area contributed by atoms with E-state index in [0.29, 0.717) is 11.5 Å². The molecule has 2 aromatic rings. The molecule has 2 rings (SSSR count). The first kappa shape index (κ1) is 11.6. The number of hydrogen-bond acceptors (Lipinski definition) is 7. The first-order valence-corrected chi connectivity index (χ1v) is 5.12. The van der Waals surface area contributed by atoms with Crippen LogP contribution in [0.2, 0.25) is 0 Å². The van der Waals surface area contributed by atoms with Gasteiger partial charge in [0.15, 0.2) is 5.65 Å². The first-order valence-electron chi connectivity index (χ1n) is 5.12. The summed E-state index contributed by atoms with van der Waals surface area (Å²) in [6, 6.07) is 0. The van der Waals surface area contributed by atoms with Crippen LogP contribution >= 0.6 is 0 Å². The molecule has 0 aliphatic heterocycles. The molecule has 0 atom stereocenters. The molecule has 2 heterocycles. The molecule has 0 radical (unpaired) electrons. The highest BCUT2D eigenvalue weighted by atomic mass is 16.3. The number of aromatic nitrogens is 4. The van der Waals surface area contributed by atoms with Gasteiger partial charge in [0.25, 0.3) is 0 Å². The summed E-state index contributed by atoms with van der Waals surface area (Å²) in [6.45, 7) is 3.69. The van der Waals surface area contributed by atoms with Gasteiger partial charge in [-0.05, 0) is 13.8 Å². The second-order valence-corrected chi connectivity index (χ2v) is 4.34. The lowest BCUT2D eigenvalue weighted by atomic mass is 10.1. The van der Waals surface area contributed by atoms with Gasteiger partial charge >= 0.3 is 0 Å². The molecule has 0 spiro atoms. The summed E-state index contributed by atoms with van der Waals surface area (Å²) < 4.78 is 0. The Kier molecular flexibility index (Phi) is 2.82. The maximum Gasteiger partial charge on any atom is 0.241 e. The molecule has 2 aromatic heterocycles. The van der Waals surface area contributed by atoms with E-state index in [2.05, 4.69) is 30.9 Å². The summed E-state index contributed by atoms with van der Waals surface area (Å²) in [5, 5.41) is 19.7. The fraction of sp³-hybridized carbons (Fsp3) is 0.444. The highest BCUT2D eigenvalue weighted by molar-refractivity contribution is 5.87. The second-order valence-electron chi connectivity index (χ2n) is 4.34. The minimum absolute atomic E-state index is 0.0261. The van der Waals surface area contributed by atoms with Crippen LogP contribution in [0.15, 0.2) is 6.20 Å². The van der Waals surface area contributed by atoms with E-state index in [0.717, 1.165) is 5.39 Å². The number of nitrogen functional groups attached to an aromatic ring is 1. The number of aliphatic hydroxyl groups is 1.